The number of carbonyl (C=O) groups excluding carboxylic acids is 1. The summed E-state index contributed by atoms with van der Waals surface area (Å²) >= 11 is 0. The zero-order valence-electron chi connectivity index (χ0n) is 15.4. The molecule has 0 saturated heterocycles. The van der Waals surface area contributed by atoms with Crippen molar-refractivity contribution in [3.63, 3.8) is 0 Å². The van der Waals surface area contributed by atoms with Gasteiger partial charge in [-0.05, 0) is 41.0 Å². The molecule has 0 saturated carbocycles. The number of methoxy groups -OCH3 is 2. The maximum absolute atomic E-state index is 12.6. The molecule has 28 heavy (non-hydrogen) atoms. The molecule has 5 rings (SSSR count). The van der Waals surface area contributed by atoms with Crippen LogP contribution < -0.4 is 18.9 Å². The van der Waals surface area contributed by atoms with E-state index in [1.165, 1.54) is 0 Å². The van der Waals surface area contributed by atoms with E-state index in [9.17, 15) is 9.90 Å². The Bertz CT molecular complexity index is 1020. The molecular weight excluding hydrogens is 364 g/mol. The van der Waals surface area contributed by atoms with Gasteiger partial charge in [-0.3, -0.25) is 0 Å². The van der Waals surface area contributed by atoms with E-state index in [1.807, 2.05) is 24.3 Å². The van der Waals surface area contributed by atoms with Crippen LogP contribution in [0.5, 0.6) is 23.0 Å². The van der Waals surface area contributed by atoms with Crippen LogP contribution in [0.3, 0.4) is 0 Å². The van der Waals surface area contributed by atoms with Crippen molar-refractivity contribution in [2.75, 3.05) is 27.6 Å². The van der Waals surface area contributed by atoms with Gasteiger partial charge in [0.15, 0.2) is 23.0 Å². The van der Waals surface area contributed by atoms with E-state index in [4.69, 9.17) is 23.7 Å². The Morgan fingerprint density at radius 3 is 2.43 bits per heavy atom. The summed E-state index contributed by atoms with van der Waals surface area (Å²) in [5.74, 6) is 1.48. The molecule has 2 aliphatic heterocycles. The normalized spacial score (nSPS) is 21.9. The fourth-order valence-corrected chi connectivity index (χ4v) is 4.14. The van der Waals surface area contributed by atoms with E-state index in [2.05, 4.69) is 0 Å². The lowest BCUT2D eigenvalue weighted by Crippen LogP contribution is -2.21. The third kappa shape index (κ3) is 2.29. The minimum absolute atomic E-state index is 0.0736. The molecule has 2 aromatic carbocycles. The SMILES string of the molecule is COc1cc2c(cc1OC)C(c1ccc3c(c1)OCO3)C1=C(COC1=O)C2O. The molecule has 0 aromatic heterocycles. The third-order valence-corrected chi connectivity index (χ3v) is 5.47. The molecule has 2 atom stereocenters. The predicted octanol–water partition coefficient (Wildman–Crippen LogP) is 2.46. The van der Waals surface area contributed by atoms with Crippen molar-refractivity contribution < 1.29 is 33.6 Å². The summed E-state index contributed by atoms with van der Waals surface area (Å²) in [4.78, 5) is 12.6. The van der Waals surface area contributed by atoms with Crippen molar-refractivity contribution in [3.05, 3.63) is 58.2 Å². The Morgan fingerprint density at radius 2 is 1.68 bits per heavy atom. The molecule has 0 amide bonds. The van der Waals surface area contributed by atoms with Crippen LogP contribution in [0.4, 0.5) is 0 Å². The first-order valence-corrected chi connectivity index (χ1v) is 8.86. The summed E-state index contributed by atoms with van der Waals surface area (Å²) in [6, 6.07) is 9.14. The maximum atomic E-state index is 12.6. The van der Waals surface area contributed by atoms with Gasteiger partial charge in [0.2, 0.25) is 6.79 Å². The van der Waals surface area contributed by atoms with Crippen LogP contribution in [-0.4, -0.2) is 38.7 Å². The molecule has 0 spiro atoms. The largest absolute Gasteiger partial charge is 0.493 e. The van der Waals surface area contributed by atoms with Crippen molar-refractivity contribution in [1.82, 2.24) is 0 Å². The average Bonchev–Trinajstić information content (AvgIpc) is 3.34. The van der Waals surface area contributed by atoms with Gasteiger partial charge in [0.05, 0.1) is 19.8 Å². The first-order valence-electron chi connectivity index (χ1n) is 8.86. The number of carbonyl (C=O) groups is 1. The van der Waals surface area contributed by atoms with Gasteiger partial charge in [-0.2, -0.15) is 0 Å². The molecule has 3 aliphatic rings. The molecule has 0 radical (unpaired) electrons. The van der Waals surface area contributed by atoms with Gasteiger partial charge in [0, 0.05) is 11.5 Å². The number of ether oxygens (including phenoxy) is 5. The highest BCUT2D eigenvalue weighted by molar-refractivity contribution is 5.96. The van der Waals surface area contributed by atoms with Gasteiger partial charge in [0.25, 0.3) is 0 Å². The number of hydrogen-bond donors (Lipinski definition) is 1. The van der Waals surface area contributed by atoms with Crippen LogP contribution in [0.15, 0.2) is 41.5 Å². The molecule has 7 heteroatoms. The standard InChI is InChI=1S/C21H18O7/c1-24-15-6-11-12(7-16(15)25-2)20(22)13-8-26-21(23)19(13)18(11)10-3-4-14-17(5-10)28-9-27-14/h3-7,18,20,22H,8-9H2,1-2H3. The maximum Gasteiger partial charge on any atom is 0.335 e. The van der Waals surface area contributed by atoms with Crippen LogP contribution in [0, 0.1) is 0 Å². The van der Waals surface area contributed by atoms with Gasteiger partial charge in [-0.25, -0.2) is 4.79 Å². The summed E-state index contributed by atoms with van der Waals surface area (Å²) in [6.07, 6.45) is -0.943. The highest BCUT2D eigenvalue weighted by Gasteiger charge is 2.43. The molecule has 2 unspecified atom stereocenters. The van der Waals surface area contributed by atoms with E-state index in [0.717, 1.165) is 11.1 Å². The average molecular weight is 382 g/mol. The second kappa shape index (κ2) is 6.17. The summed E-state index contributed by atoms with van der Waals surface area (Å²) in [7, 11) is 3.09. The summed E-state index contributed by atoms with van der Waals surface area (Å²) in [6.45, 7) is 0.240. The van der Waals surface area contributed by atoms with E-state index in [1.54, 1.807) is 20.3 Å². The fourth-order valence-electron chi connectivity index (χ4n) is 4.14. The number of aliphatic hydroxyl groups excluding tert-OH is 1. The fraction of sp³-hybridized carbons (Fsp3) is 0.286. The van der Waals surface area contributed by atoms with Crippen LogP contribution in [0.2, 0.25) is 0 Å². The lowest BCUT2D eigenvalue weighted by atomic mass is 9.74. The van der Waals surface area contributed by atoms with Gasteiger partial charge in [-0.15, -0.1) is 0 Å². The topological polar surface area (TPSA) is 83.5 Å². The summed E-state index contributed by atoms with van der Waals surface area (Å²) in [5.41, 5.74) is 3.31. The molecule has 1 aliphatic carbocycles. The van der Waals surface area contributed by atoms with Crippen LogP contribution in [0.25, 0.3) is 0 Å². The smallest absolute Gasteiger partial charge is 0.335 e. The van der Waals surface area contributed by atoms with Gasteiger partial charge in [0.1, 0.15) is 12.7 Å². The summed E-state index contributed by atoms with van der Waals surface area (Å²) in [5, 5.41) is 10.9. The first-order chi connectivity index (χ1) is 13.6. The highest BCUT2D eigenvalue weighted by Crippen LogP contribution is 2.51. The van der Waals surface area contributed by atoms with Gasteiger partial charge in [-0.1, -0.05) is 6.07 Å². The molecule has 0 fully saturated rings. The second-order valence-electron chi connectivity index (χ2n) is 6.80. The Morgan fingerprint density at radius 1 is 0.964 bits per heavy atom. The number of benzene rings is 2. The molecule has 7 nitrogen and oxygen atoms in total. The van der Waals surface area contributed by atoms with Crippen molar-refractivity contribution in [2.45, 2.75) is 12.0 Å². The number of fused-ring (bicyclic) bond motifs is 2. The van der Waals surface area contributed by atoms with E-state index >= 15 is 0 Å². The number of aliphatic hydroxyl groups is 1. The number of rotatable bonds is 3. The Kier molecular flexibility index (Phi) is 3.73. The van der Waals surface area contributed by atoms with E-state index < -0.39 is 18.0 Å². The Balaban J connectivity index is 1.75. The molecule has 144 valence electrons. The predicted molar refractivity (Wildman–Crippen MR) is 96.9 cm³/mol. The van der Waals surface area contributed by atoms with Crippen LogP contribution >= 0.6 is 0 Å². The van der Waals surface area contributed by atoms with Gasteiger partial charge < -0.3 is 28.8 Å². The Hall–Kier alpha value is -3.19. The van der Waals surface area contributed by atoms with Crippen molar-refractivity contribution in [3.8, 4) is 23.0 Å². The molecule has 2 heterocycles. The lowest BCUT2D eigenvalue weighted by Gasteiger charge is -2.30. The Labute approximate surface area is 161 Å². The molecular formula is C21H18O7. The van der Waals surface area contributed by atoms with E-state index in [0.29, 0.717) is 39.7 Å². The highest BCUT2D eigenvalue weighted by atomic mass is 16.7. The zero-order chi connectivity index (χ0) is 19.4. The molecule has 2 aromatic rings. The third-order valence-electron chi connectivity index (χ3n) is 5.47. The second-order valence-corrected chi connectivity index (χ2v) is 6.80. The van der Waals surface area contributed by atoms with Crippen LogP contribution in [0.1, 0.15) is 28.7 Å². The van der Waals surface area contributed by atoms with Crippen LogP contribution in [-0.2, 0) is 9.53 Å². The minimum atomic E-state index is -0.943. The van der Waals surface area contributed by atoms with Crippen molar-refractivity contribution >= 4 is 5.97 Å². The van der Waals surface area contributed by atoms with Crippen molar-refractivity contribution in [1.29, 1.82) is 0 Å². The minimum Gasteiger partial charge on any atom is -0.493 e. The zero-order valence-corrected chi connectivity index (χ0v) is 15.4. The quantitative estimate of drug-likeness (QED) is 0.817. The van der Waals surface area contributed by atoms with Crippen molar-refractivity contribution in [2.24, 2.45) is 0 Å². The molecule has 1 N–H and O–H groups in total. The monoisotopic (exact) mass is 382 g/mol. The first kappa shape index (κ1) is 16.9. The molecule has 0 bridgehead atoms. The number of esters is 1. The van der Waals surface area contributed by atoms with E-state index in [-0.39, 0.29) is 13.4 Å². The number of hydrogen-bond acceptors (Lipinski definition) is 7. The van der Waals surface area contributed by atoms with Gasteiger partial charge >= 0.3 is 5.97 Å². The number of cyclic esters (lactones) is 1. The summed E-state index contributed by atoms with van der Waals surface area (Å²) < 4.78 is 27.0. The lowest BCUT2D eigenvalue weighted by molar-refractivity contribution is -0.136.